The predicted octanol–water partition coefficient (Wildman–Crippen LogP) is 1.73. The summed E-state index contributed by atoms with van der Waals surface area (Å²) < 4.78 is 5.31. The van der Waals surface area contributed by atoms with Crippen LogP contribution in [-0.4, -0.2) is 40.7 Å². The number of amides is 2. The molecular formula is C23H20N6O5. The van der Waals surface area contributed by atoms with E-state index >= 15 is 0 Å². The summed E-state index contributed by atoms with van der Waals surface area (Å²) in [5.41, 5.74) is -0.0624. The van der Waals surface area contributed by atoms with E-state index in [1.165, 1.54) is 31.5 Å². The maximum absolute atomic E-state index is 12.8. The maximum Gasteiger partial charge on any atom is 0.272 e. The first-order valence-electron chi connectivity index (χ1n) is 10.1. The molecule has 11 nitrogen and oxygen atoms in total. The Morgan fingerprint density at radius 2 is 1.71 bits per heavy atom. The van der Waals surface area contributed by atoms with E-state index in [-0.39, 0.29) is 34.4 Å². The highest BCUT2D eigenvalue weighted by atomic mass is 16.5. The topological polar surface area (TPSA) is 158 Å². The Morgan fingerprint density at radius 1 is 0.941 bits per heavy atom. The van der Waals surface area contributed by atoms with Gasteiger partial charge in [0.05, 0.1) is 41.4 Å². The second kappa shape index (κ2) is 9.69. The predicted molar refractivity (Wildman–Crippen MR) is 127 cm³/mol. The van der Waals surface area contributed by atoms with Gasteiger partial charge in [0.25, 0.3) is 17.0 Å². The average Bonchev–Trinajstić information content (AvgIpc) is 2.85. The van der Waals surface area contributed by atoms with Gasteiger partial charge in [-0.05, 0) is 36.4 Å². The van der Waals surface area contributed by atoms with Gasteiger partial charge in [-0.3, -0.25) is 29.4 Å². The fraction of sp³-hybridized carbons (Fsp3) is 0.0870. The number of rotatable bonds is 7. The van der Waals surface area contributed by atoms with Crippen LogP contribution in [0.2, 0.25) is 0 Å². The lowest BCUT2D eigenvalue weighted by atomic mass is 10.1. The number of carbonyl (C=O) groups excluding carboxylic acids is 2. The summed E-state index contributed by atoms with van der Waals surface area (Å²) in [6.45, 7) is -0.376. The van der Waals surface area contributed by atoms with E-state index in [0.717, 1.165) is 0 Å². The zero-order valence-corrected chi connectivity index (χ0v) is 18.0. The van der Waals surface area contributed by atoms with Crippen molar-refractivity contribution in [3.8, 4) is 5.75 Å². The molecule has 0 fully saturated rings. The maximum atomic E-state index is 12.8. The van der Waals surface area contributed by atoms with Crippen molar-refractivity contribution in [2.24, 2.45) is 0 Å². The monoisotopic (exact) mass is 460 g/mol. The third-order valence-corrected chi connectivity index (χ3v) is 4.92. The van der Waals surface area contributed by atoms with Gasteiger partial charge in [-0.2, -0.15) is 0 Å². The van der Waals surface area contributed by atoms with E-state index in [2.05, 4.69) is 31.1 Å². The molecule has 0 unspecified atom stereocenters. The average molecular weight is 460 g/mol. The molecule has 0 aliphatic rings. The van der Waals surface area contributed by atoms with Gasteiger partial charge in [0.1, 0.15) is 11.6 Å². The summed E-state index contributed by atoms with van der Waals surface area (Å²) in [5, 5.41) is 12.8. The third-order valence-electron chi connectivity index (χ3n) is 4.92. The fourth-order valence-corrected chi connectivity index (χ4v) is 3.35. The van der Waals surface area contributed by atoms with E-state index < -0.39 is 22.9 Å². The van der Waals surface area contributed by atoms with Gasteiger partial charge >= 0.3 is 0 Å². The van der Waals surface area contributed by atoms with Gasteiger partial charge in [-0.15, -0.1) is 0 Å². The molecule has 0 radical (unpaired) electrons. The molecule has 4 rings (SSSR count). The molecule has 2 heterocycles. The Morgan fingerprint density at radius 3 is 2.53 bits per heavy atom. The molecule has 0 atom stereocenters. The largest absolute Gasteiger partial charge is 0.495 e. The number of para-hydroxylation sites is 2. The van der Waals surface area contributed by atoms with Gasteiger partial charge in [-0.25, -0.2) is 4.98 Å². The van der Waals surface area contributed by atoms with Gasteiger partial charge in [0.15, 0.2) is 0 Å². The first-order chi connectivity index (χ1) is 16.5. The van der Waals surface area contributed by atoms with Crippen LogP contribution in [-0.2, 0) is 4.79 Å². The number of H-pyrrole nitrogens is 2. The van der Waals surface area contributed by atoms with Crippen molar-refractivity contribution in [1.29, 1.82) is 0 Å². The lowest BCUT2D eigenvalue weighted by Crippen LogP contribution is -2.33. The Hall–Kier alpha value is -4.93. The number of anilines is 3. The van der Waals surface area contributed by atoms with E-state index in [9.17, 15) is 19.2 Å². The molecule has 11 heteroatoms. The number of carbonyl (C=O) groups is 2. The van der Waals surface area contributed by atoms with Crippen molar-refractivity contribution < 1.29 is 14.3 Å². The quantitative estimate of drug-likeness (QED) is 0.281. The molecule has 0 saturated heterocycles. The summed E-state index contributed by atoms with van der Waals surface area (Å²) in [6, 6.07) is 14.8. The highest BCUT2D eigenvalue weighted by Gasteiger charge is 2.16. The number of nitrogens with one attached hydrogen (secondary N) is 5. The second-order valence-electron chi connectivity index (χ2n) is 7.09. The van der Waals surface area contributed by atoms with Crippen molar-refractivity contribution in [3.05, 3.63) is 87.1 Å². The summed E-state index contributed by atoms with van der Waals surface area (Å²) >= 11 is 0. The zero-order chi connectivity index (χ0) is 24.1. The molecule has 5 N–H and O–H groups in total. The third kappa shape index (κ3) is 4.63. The number of hydrogen-bond acceptors (Lipinski definition) is 7. The molecule has 0 aliphatic carbocycles. The molecule has 2 aromatic carbocycles. The van der Waals surface area contributed by atoms with Gasteiger partial charge in [-0.1, -0.05) is 18.2 Å². The van der Waals surface area contributed by atoms with Crippen molar-refractivity contribution in [2.75, 3.05) is 24.3 Å². The highest BCUT2D eigenvalue weighted by molar-refractivity contribution is 6.05. The number of aromatic nitrogens is 3. The zero-order valence-electron chi connectivity index (χ0n) is 18.0. The van der Waals surface area contributed by atoms with E-state index in [1.54, 1.807) is 24.3 Å². The lowest BCUT2D eigenvalue weighted by Gasteiger charge is -2.13. The van der Waals surface area contributed by atoms with Crippen molar-refractivity contribution in [1.82, 2.24) is 20.5 Å². The molecule has 0 aliphatic heterocycles. The smallest absolute Gasteiger partial charge is 0.272 e. The normalized spacial score (nSPS) is 10.5. The lowest BCUT2D eigenvalue weighted by molar-refractivity contribution is -0.115. The Labute approximate surface area is 192 Å². The number of fused-ring (bicyclic) bond motifs is 1. The van der Waals surface area contributed by atoms with Gasteiger partial charge < -0.3 is 20.7 Å². The first-order valence-corrected chi connectivity index (χ1v) is 10.1. The van der Waals surface area contributed by atoms with Gasteiger partial charge in [0, 0.05) is 6.20 Å². The highest BCUT2D eigenvalue weighted by Crippen LogP contribution is 2.27. The van der Waals surface area contributed by atoms with Crippen LogP contribution >= 0.6 is 0 Å². The number of nitrogens with zero attached hydrogens (tertiary/aromatic N) is 1. The second-order valence-corrected chi connectivity index (χ2v) is 7.09. The van der Waals surface area contributed by atoms with E-state index in [1.807, 2.05) is 12.1 Å². The molecule has 0 saturated carbocycles. The van der Waals surface area contributed by atoms with Crippen LogP contribution in [0.15, 0.2) is 70.4 Å². The molecule has 0 spiro atoms. The van der Waals surface area contributed by atoms with Crippen LogP contribution < -0.4 is 31.8 Å². The van der Waals surface area contributed by atoms with Gasteiger partial charge in [0.2, 0.25) is 5.91 Å². The van der Waals surface area contributed by atoms with Crippen LogP contribution in [0.25, 0.3) is 10.8 Å². The standard InChI is InChI=1S/C23H20N6O5/c1-34-17-10-3-2-8-15(17)27-20-14(7-5-11-24-20)21(31)25-12-18(30)26-16-9-4-6-13-19(16)23(33)29-28-22(13)32/h2-11H,12H2,1H3,(H,24,27)(H,25,31)(H,26,30)(H,28,32)(H,29,33). The summed E-state index contributed by atoms with van der Waals surface area (Å²) in [6.07, 6.45) is 1.53. The minimum absolute atomic E-state index is 0.0430. The summed E-state index contributed by atoms with van der Waals surface area (Å²) in [4.78, 5) is 53.5. The molecule has 34 heavy (non-hydrogen) atoms. The Balaban J connectivity index is 1.48. The van der Waals surface area contributed by atoms with Crippen LogP contribution in [0, 0.1) is 0 Å². The van der Waals surface area contributed by atoms with Crippen LogP contribution in [0.4, 0.5) is 17.2 Å². The summed E-state index contributed by atoms with van der Waals surface area (Å²) in [7, 11) is 1.53. The van der Waals surface area contributed by atoms with Crippen LogP contribution in [0.5, 0.6) is 5.75 Å². The minimum Gasteiger partial charge on any atom is -0.495 e. The van der Waals surface area contributed by atoms with Crippen molar-refractivity contribution in [2.45, 2.75) is 0 Å². The van der Waals surface area contributed by atoms with Crippen molar-refractivity contribution >= 4 is 39.8 Å². The number of hydrogen-bond donors (Lipinski definition) is 5. The van der Waals surface area contributed by atoms with Crippen LogP contribution in [0.3, 0.4) is 0 Å². The number of methoxy groups -OCH3 is 1. The molecule has 4 aromatic rings. The molecular weight excluding hydrogens is 440 g/mol. The van der Waals surface area contributed by atoms with E-state index in [4.69, 9.17) is 4.74 Å². The minimum atomic E-state index is -0.580. The van der Waals surface area contributed by atoms with Crippen LogP contribution in [0.1, 0.15) is 10.4 Å². The van der Waals surface area contributed by atoms with Crippen molar-refractivity contribution in [3.63, 3.8) is 0 Å². The molecule has 2 aromatic heterocycles. The first kappa shape index (κ1) is 22.3. The molecule has 2 amide bonds. The Bertz CT molecular complexity index is 1490. The SMILES string of the molecule is COc1ccccc1Nc1ncccc1C(=O)NCC(=O)Nc1cccc2c(=O)[nH][nH]c(=O)c12. The number of benzene rings is 2. The molecule has 0 bridgehead atoms. The fourth-order valence-electron chi connectivity index (χ4n) is 3.35. The number of pyridine rings is 1. The summed E-state index contributed by atoms with van der Waals surface area (Å²) in [5.74, 6) is -0.260. The van der Waals surface area contributed by atoms with E-state index in [0.29, 0.717) is 11.4 Å². The number of aromatic amines is 2. The number of ether oxygens (including phenoxy) is 1. The molecule has 172 valence electrons. The Kier molecular flexibility index (Phi) is 6.35.